The van der Waals surface area contributed by atoms with Crippen molar-refractivity contribution in [1.82, 2.24) is 0 Å². The summed E-state index contributed by atoms with van der Waals surface area (Å²) in [5.74, 6) is -0.513. The number of ether oxygens (including phenoxy) is 1. The molecule has 1 amide bonds. The van der Waals surface area contributed by atoms with E-state index >= 15 is 0 Å². The van der Waals surface area contributed by atoms with Crippen LogP contribution < -0.4 is 10.1 Å². The van der Waals surface area contributed by atoms with Crippen LogP contribution in [-0.2, 0) is 0 Å². The third-order valence-electron chi connectivity index (χ3n) is 2.86. The molecule has 0 unspecified atom stereocenters. The standard InChI is InChI=1S/C16H15BrFNO2/c1-3-21-15-8-10(2)4-7-14(15)19-16(20)12-9-11(17)5-6-13(12)18/h4-9H,3H2,1-2H3,(H,19,20). The first kappa shape index (κ1) is 15.5. The van der Waals surface area contributed by atoms with Gasteiger partial charge in [-0.25, -0.2) is 4.39 Å². The lowest BCUT2D eigenvalue weighted by atomic mass is 10.1. The van der Waals surface area contributed by atoms with E-state index in [2.05, 4.69) is 21.2 Å². The molecule has 110 valence electrons. The first-order chi connectivity index (χ1) is 10.0. The zero-order chi connectivity index (χ0) is 15.4. The molecule has 2 aromatic rings. The largest absolute Gasteiger partial charge is 0.492 e. The summed E-state index contributed by atoms with van der Waals surface area (Å²) in [6, 6.07) is 9.67. The average molecular weight is 352 g/mol. The van der Waals surface area contributed by atoms with E-state index in [-0.39, 0.29) is 5.56 Å². The third-order valence-corrected chi connectivity index (χ3v) is 3.35. The van der Waals surface area contributed by atoms with Gasteiger partial charge in [0.1, 0.15) is 11.6 Å². The lowest BCUT2D eigenvalue weighted by Gasteiger charge is -2.12. The van der Waals surface area contributed by atoms with Crippen LogP contribution in [0.1, 0.15) is 22.8 Å². The van der Waals surface area contributed by atoms with E-state index in [4.69, 9.17) is 4.74 Å². The predicted octanol–water partition coefficient (Wildman–Crippen LogP) is 4.55. The number of hydrogen-bond donors (Lipinski definition) is 1. The van der Waals surface area contributed by atoms with Crippen LogP contribution in [0.15, 0.2) is 40.9 Å². The number of carbonyl (C=O) groups excluding carboxylic acids is 1. The lowest BCUT2D eigenvalue weighted by Crippen LogP contribution is -2.14. The van der Waals surface area contributed by atoms with Gasteiger partial charge in [0.25, 0.3) is 5.91 Å². The number of amides is 1. The van der Waals surface area contributed by atoms with Gasteiger partial charge in [0.15, 0.2) is 0 Å². The number of anilines is 1. The summed E-state index contributed by atoms with van der Waals surface area (Å²) >= 11 is 3.23. The van der Waals surface area contributed by atoms with Gasteiger partial charge >= 0.3 is 0 Å². The third kappa shape index (κ3) is 3.82. The summed E-state index contributed by atoms with van der Waals surface area (Å²) in [4.78, 5) is 12.2. The van der Waals surface area contributed by atoms with Crippen LogP contribution in [-0.4, -0.2) is 12.5 Å². The van der Waals surface area contributed by atoms with Crippen molar-refractivity contribution < 1.29 is 13.9 Å². The fourth-order valence-electron chi connectivity index (χ4n) is 1.87. The molecule has 2 rings (SSSR count). The smallest absolute Gasteiger partial charge is 0.258 e. The maximum atomic E-state index is 13.7. The van der Waals surface area contributed by atoms with Gasteiger partial charge in [0, 0.05) is 4.47 Å². The van der Waals surface area contributed by atoms with E-state index in [1.165, 1.54) is 12.1 Å². The van der Waals surface area contributed by atoms with Gasteiger partial charge in [-0.2, -0.15) is 0 Å². The van der Waals surface area contributed by atoms with Crippen molar-refractivity contribution in [2.45, 2.75) is 13.8 Å². The van der Waals surface area contributed by atoms with Crippen molar-refractivity contribution in [1.29, 1.82) is 0 Å². The van der Waals surface area contributed by atoms with Gasteiger partial charge in [-0.15, -0.1) is 0 Å². The molecule has 0 aromatic heterocycles. The SMILES string of the molecule is CCOc1cc(C)ccc1NC(=O)c1cc(Br)ccc1F. The number of benzene rings is 2. The fraction of sp³-hybridized carbons (Fsp3) is 0.188. The monoisotopic (exact) mass is 351 g/mol. The first-order valence-electron chi connectivity index (χ1n) is 6.51. The second kappa shape index (κ2) is 6.72. The molecular formula is C16H15BrFNO2. The molecule has 21 heavy (non-hydrogen) atoms. The molecule has 0 fully saturated rings. The van der Waals surface area contributed by atoms with Crippen LogP contribution in [0.3, 0.4) is 0 Å². The minimum absolute atomic E-state index is 0.0209. The van der Waals surface area contributed by atoms with Crippen molar-refractivity contribution in [3.63, 3.8) is 0 Å². The van der Waals surface area contributed by atoms with Crippen LogP contribution in [0.4, 0.5) is 10.1 Å². The highest BCUT2D eigenvalue weighted by Gasteiger charge is 2.14. The average Bonchev–Trinajstić information content (AvgIpc) is 2.44. The van der Waals surface area contributed by atoms with Crippen LogP contribution in [0, 0.1) is 12.7 Å². The minimum Gasteiger partial charge on any atom is -0.492 e. The van der Waals surface area contributed by atoms with Crippen molar-refractivity contribution in [3.05, 3.63) is 57.8 Å². The molecule has 0 aliphatic carbocycles. The van der Waals surface area contributed by atoms with Crippen LogP contribution in [0.25, 0.3) is 0 Å². The van der Waals surface area contributed by atoms with Gasteiger partial charge in [0.05, 0.1) is 17.9 Å². The highest BCUT2D eigenvalue weighted by Crippen LogP contribution is 2.27. The van der Waals surface area contributed by atoms with Crippen LogP contribution >= 0.6 is 15.9 Å². The second-order valence-electron chi connectivity index (χ2n) is 4.51. The molecule has 0 saturated heterocycles. The topological polar surface area (TPSA) is 38.3 Å². The Labute approximate surface area is 131 Å². The van der Waals surface area contributed by atoms with E-state index in [1.807, 2.05) is 26.0 Å². The number of nitrogens with one attached hydrogen (secondary N) is 1. The second-order valence-corrected chi connectivity index (χ2v) is 5.43. The van der Waals surface area contributed by atoms with Crippen molar-refractivity contribution >= 4 is 27.5 Å². The summed E-state index contributed by atoms with van der Waals surface area (Å²) < 4.78 is 19.9. The molecule has 5 heteroatoms. The summed E-state index contributed by atoms with van der Waals surface area (Å²) in [6.07, 6.45) is 0. The molecule has 2 aromatic carbocycles. The highest BCUT2D eigenvalue weighted by atomic mass is 79.9. The fourth-order valence-corrected chi connectivity index (χ4v) is 2.23. The maximum Gasteiger partial charge on any atom is 0.258 e. The van der Waals surface area contributed by atoms with Gasteiger partial charge in [-0.05, 0) is 49.7 Å². The number of rotatable bonds is 4. The Morgan fingerprint density at radius 3 is 2.76 bits per heavy atom. The molecule has 0 bridgehead atoms. The van der Waals surface area contributed by atoms with Gasteiger partial charge in [-0.3, -0.25) is 4.79 Å². The summed E-state index contributed by atoms with van der Waals surface area (Å²) in [7, 11) is 0. The Morgan fingerprint density at radius 1 is 1.29 bits per heavy atom. The number of aryl methyl sites for hydroxylation is 1. The number of hydrogen-bond acceptors (Lipinski definition) is 2. The normalized spacial score (nSPS) is 10.3. The molecule has 3 nitrogen and oxygen atoms in total. The van der Waals surface area contributed by atoms with Gasteiger partial charge in [-0.1, -0.05) is 22.0 Å². The Morgan fingerprint density at radius 2 is 2.05 bits per heavy atom. The first-order valence-corrected chi connectivity index (χ1v) is 7.30. The van der Waals surface area contributed by atoms with Crippen LogP contribution in [0.2, 0.25) is 0 Å². The van der Waals surface area contributed by atoms with Crippen molar-refractivity contribution in [2.75, 3.05) is 11.9 Å². The van der Waals surface area contributed by atoms with Crippen molar-refractivity contribution in [2.24, 2.45) is 0 Å². The minimum atomic E-state index is -0.569. The Hall–Kier alpha value is -1.88. The van der Waals surface area contributed by atoms with Crippen molar-refractivity contribution in [3.8, 4) is 5.75 Å². The molecule has 0 atom stereocenters. The molecule has 1 N–H and O–H groups in total. The van der Waals surface area contributed by atoms with E-state index in [9.17, 15) is 9.18 Å². The zero-order valence-corrected chi connectivity index (χ0v) is 13.3. The number of carbonyl (C=O) groups is 1. The number of halogens is 2. The zero-order valence-electron chi connectivity index (χ0n) is 11.7. The molecular weight excluding hydrogens is 337 g/mol. The summed E-state index contributed by atoms with van der Waals surface area (Å²) in [6.45, 7) is 4.28. The Bertz CT molecular complexity index is 673. The Balaban J connectivity index is 2.29. The van der Waals surface area contributed by atoms with E-state index < -0.39 is 11.7 Å². The van der Waals surface area contributed by atoms with Gasteiger partial charge < -0.3 is 10.1 Å². The van der Waals surface area contributed by atoms with Crippen LogP contribution in [0.5, 0.6) is 5.75 Å². The highest BCUT2D eigenvalue weighted by molar-refractivity contribution is 9.10. The summed E-state index contributed by atoms with van der Waals surface area (Å²) in [5, 5.41) is 2.68. The summed E-state index contributed by atoms with van der Waals surface area (Å²) in [5.41, 5.74) is 1.52. The molecule has 0 radical (unpaired) electrons. The predicted molar refractivity (Wildman–Crippen MR) is 84.4 cm³/mol. The van der Waals surface area contributed by atoms with E-state index in [0.29, 0.717) is 22.5 Å². The molecule has 0 aliphatic rings. The molecule has 0 aliphatic heterocycles. The van der Waals surface area contributed by atoms with E-state index in [1.54, 1.807) is 12.1 Å². The van der Waals surface area contributed by atoms with Gasteiger partial charge in [0.2, 0.25) is 0 Å². The Kier molecular flexibility index (Phi) is 4.96. The molecule has 0 saturated carbocycles. The lowest BCUT2D eigenvalue weighted by molar-refractivity contribution is 0.102. The maximum absolute atomic E-state index is 13.7. The molecule has 0 spiro atoms. The molecule has 0 heterocycles. The van der Waals surface area contributed by atoms with E-state index in [0.717, 1.165) is 5.56 Å². The quantitative estimate of drug-likeness (QED) is 0.877.